The summed E-state index contributed by atoms with van der Waals surface area (Å²) in [5.41, 5.74) is 0.359. The maximum Gasteiger partial charge on any atom is 0.293 e. The minimum atomic E-state index is -4.02. The van der Waals surface area contributed by atoms with Gasteiger partial charge in [-0.3, -0.25) is 10.1 Å². The Kier molecular flexibility index (Phi) is 6.22. The Morgan fingerprint density at radius 2 is 1.80 bits per heavy atom. The van der Waals surface area contributed by atoms with Gasteiger partial charge in [0.1, 0.15) is 17.4 Å². The van der Waals surface area contributed by atoms with Crippen LogP contribution in [0.25, 0.3) is 0 Å². The van der Waals surface area contributed by atoms with Gasteiger partial charge in [-0.1, -0.05) is 13.8 Å². The monoisotopic (exact) mass is 435 g/mol. The van der Waals surface area contributed by atoms with Crippen molar-refractivity contribution in [3.8, 4) is 5.75 Å². The van der Waals surface area contributed by atoms with Gasteiger partial charge in [0.05, 0.1) is 18.1 Å². The Morgan fingerprint density at radius 3 is 2.37 bits per heavy atom. The van der Waals surface area contributed by atoms with Crippen LogP contribution in [-0.2, 0) is 10.0 Å². The number of ether oxygens (including phenoxy) is 1. The molecular formula is C19H25N5O5S. The Morgan fingerprint density at radius 1 is 1.13 bits per heavy atom. The second-order valence-corrected chi connectivity index (χ2v) is 9.27. The largest absolute Gasteiger partial charge is 0.497 e. The lowest BCUT2D eigenvalue weighted by Crippen LogP contribution is -2.49. The normalized spacial score (nSPS) is 15.4. The molecule has 1 aliphatic rings. The Labute approximate surface area is 175 Å². The van der Waals surface area contributed by atoms with E-state index in [2.05, 4.69) is 9.97 Å². The van der Waals surface area contributed by atoms with E-state index in [1.165, 1.54) is 23.5 Å². The van der Waals surface area contributed by atoms with Gasteiger partial charge in [-0.2, -0.15) is 4.31 Å². The lowest BCUT2D eigenvalue weighted by Gasteiger charge is -2.34. The molecule has 11 heteroatoms. The minimum Gasteiger partial charge on any atom is -0.497 e. The average molecular weight is 436 g/mol. The second-order valence-electron chi connectivity index (χ2n) is 7.36. The predicted molar refractivity (Wildman–Crippen MR) is 111 cm³/mol. The molecule has 1 saturated heterocycles. The van der Waals surface area contributed by atoms with E-state index in [0.717, 1.165) is 23.4 Å². The molecule has 0 saturated carbocycles. The zero-order chi connectivity index (χ0) is 22.1. The Balaban J connectivity index is 1.82. The molecule has 162 valence electrons. The molecule has 0 N–H and O–H groups in total. The minimum absolute atomic E-state index is 0.181. The number of sulfonamides is 1. The predicted octanol–water partition coefficient (Wildman–Crippen LogP) is 2.34. The van der Waals surface area contributed by atoms with Crippen molar-refractivity contribution in [3.05, 3.63) is 45.9 Å². The number of benzene rings is 1. The third-order valence-electron chi connectivity index (χ3n) is 4.92. The van der Waals surface area contributed by atoms with Crippen LogP contribution in [-0.4, -0.2) is 60.9 Å². The van der Waals surface area contributed by atoms with Crippen LogP contribution in [0.5, 0.6) is 5.75 Å². The zero-order valence-electron chi connectivity index (χ0n) is 17.4. The first-order chi connectivity index (χ1) is 14.1. The zero-order valence-corrected chi connectivity index (χ0v) is 18.2. The van der Waals surface area contributed by atoms with E-state index in [0.29, 0.717) is 13.1 Å². The van der Waals surface area contributed by atoms with Crippen molar-refractivity contribution in [1.29, 1.82) is 0 Å². The van der Waals surface area contributed by atoms with E-state index in [1.807, 2.05) is 31.7 Å². The van der Waals surface area contributed by atoms with Gasteiger partial charge in [0, 0.05) is 43.9 Å². The summed E-state index contributed by atoms with van der Waals surface area (Å²) in [4.78, 5) is 21.4. The first kappa shape index (κ1) is 21.9. The molecule has 1 aromatic carbocycles. The number of hydrogen-bond donors (Lipinski definition) is 0. The molecule has 1 fully saturated rings. The van der Waals surface area contributed by atoms with Gasteiger partial charge in [-0.25, -0.2) is 18.4 Å². The van der Waals surface area contributed by atoms with E-state index in [4.69, 9.17) is 4.74 Å². The highest BCUT2D eigenvalue weighted by molar-refractivity contribution is 7.89. The molecule has 1 aromatic heterocycles. The number of nitro benzene ring substituents is 1. The van der Waals surface area contributed by atoms with Crippen LogP contribution in [0.15, 0.2) is 29.2 Å². The molecule has 3 rings (SSSR count). The molecule has 0 amide bonds. The second kappa shape index (κ2) is 8.52. The van der Waals surface area contributed by atoms with E-state index >= 15 is 0 Å². The lowest BCUT2D eigenvalue weighted by molar-refractivity contribution is -0.387. The van der Waals surface area contributed by atoms with Crippen LogP contribution >= 0.6 is 0 Å². The Hall–Kier alpha value is -2.79. The maximum absolute atomic E-state index is 13.1. The molecule has 0 atom stereocenters. The van der Waals surface area contributed by atoms with Crippen LogP contribution in [0.4, 0.5) is 11.5 Å². The molecule has 30 heavy (non-hydrogen) atoms. The first-order valence-electron chi connectivity index (χ1n) is 9.56. The van der Waals surface area contributed by atoms with Crippen molar-refractivity contribution in [2.75, 3.05) is 38.2 Å². The highest BCUT2D eigenvalue weighted by Crippen LogP contribution is 2.31. The van der Waals surface area contributed by atoms with Crippen molar-refractivity contribution in [1.82, 2.24) is 14.3 Å². The number of anilines is 1. The third kappa shape index (κ3) is 4.36. The van der Waals surface area contributed by atoms with Gasteiger partial charge in [0.2, 0.25) is 10.0 Å². The van der Waals surface area contributed by atoms with Crippen molar-refractivity contribution in [2.45, 2.75) is 31.6 Å². The van der Waals surface area contributed by atoms with E-state index in [-0.39, 0.29) is 29.7 Å². The lowest BCUT2D eigenvalue weighted by atomic mass is 10.2. The fourth-order valence-electron chi connectivity index (χ4n) is 3.28. The molecule has 0 spiro atoms. The number of piperazine rings is 1. The van der Waals surface area contributed by atoms with Gasteiger partial charge < -0.3 is 9.64 Å². The van der Waals surface area contributed by atoms with E-state index in [1.54, 1.807) is 0 Å². The number of aromatic nitrogens is 2. The van der Waals surface area contributed by atoms with Crippen LogP contribution in [0.2, 0.25) is 0 Å². The van der Waals surface area contributed by atoms with E-state index in [9.17, 15) is 18.5 Å². The molecule has 0 aliphatic carbocycles. The van der Waals surface area contributed by atoms with Gasteiger partial charge in [-0.15, -0.1) is 0 Å². The van der Waals surface area contributed by atoms with Crippen molar-refractivity contribution in [2.24, 2.45) is 0 Å². The maximum atomic E-state index is 13.1. The molecule has 2 aromatic rings. The molecular weight excluding hydrogens is 410 g/mol. The van der Waals surface area contributed by atoms with Crippen molar-refractivity contribution >= 4 is 21.5 Å². The molecule has 1 aliphatic heterocycles. The Bertz CT molecular complexity index is 1050. The number of nitro groups is 1. The van der Waals surface area contributed by atoms with Crippen LogP contribution in [0.1, 0.15) is 31.3 Å². The smallest absolute Gasteiger partial charge is 0.293 e. The van der Waals surface area contributed by atoms with Crippen molar-refractivity contribution in [3.63, 3.8) is 0 Å². The summed E-state index contributed by atoms with van der Waals surface area (Å²) in [7, 11) is -2.65. The molecule has 0 bridgehead atoms. The van der Waals surface area contributed by atoms with Gasteiger partial charge in [0.15, 0.2) is 4.90 Å². The highest BCUT2D eigenvalue weighted by Gasteiger charge is 2.34. The fourth-order valence-corrected chi connectivity index (χ4v) is 4.84. The van der Waals surface area contributed by atoms with Crippen LogP contribution in [0.3, 0.4) is 0 Å². The van der Waals surface area contributed by atoms with Gasteiger partial charge in [0.25, 0.3) is 5.69 Å². The van der Waals surface area contributed by atoms with Crippen LogP contribution < -0.4 is 9.64 Å². The summed E-state index contributed by atoms with van der Waals surface area (Å²) in [6, 6.07) is 5.64. The summed E-state index contributed by atoms with van der Waals surface area (Å²) in [5, 5.41) is 11.4. The van der Waals surface area contributed by atoms with E-state index < -0.39 is 20.6 Å². The number of methoxy groups -OCH3 is 1. The molecule has 10 nitrogen and oxygen atoms in total. The summed E-state index contributed by atoms with van der Waals surface area (Å²) >= 11 is 0. The third-order valence-corrected chi connectivity index (χ3v) is 6.86. The molecule has 0 radical (unpaired) electrons. The quantitative estimate of drug-likeness (QED) is 0.501. The molecule has 2 heterocycles. The number of hydrogen-bond acceptors (Lipinski definition) is 8. The average Bonchev–Trinajstić information content (AvgIpc) is 2.72. The number of aryl methyl sites for hydroxylation is 1. The molecule has 0 unspecified atom stereocenters. The summed E-state index contributed by atoms with van der Waals surface area (Å²) in [6.07, 6.45) is 0. The number of nitrogens with zero attached hydrogens (tertiary/aromatic N) is 5. The summed E-state index contributed by atoms with van der Waals surface area (Å²) in [6.45, 7) is 7.20. The summed E-state index contributed by atoms with van der Waals surface area (Å²) in [5.74, 6) is 1.92. The standard InChI is InChI=1S/C19H25N5O5S/c1-13(2)19-20-14(3)11-18(21-19)22-7-9-23(10-8-22)30(27,28)17-6-5-15(29-4)12-16(17)24(25)26/h5-6,11-13H,7-10H2,1-4H3. The topological polar surface area (TPSA) is 119 Å². The van der Waals surface area contributed by atoms with Crippen LogP contribution in [0, 0.1) is 17.0 Å². The fraction of sp³-hybridized carbons (Fsp3) is 0.474. The van der Waals surface area contributed by atoms with Crippen molar-refractivity contribution < 1.29 is 18.1 Å². The SMILES string of the molecule is COc1ccc(S(=O)(=O)N2CCN(c3cc(C)nc(C(C)C)n3)CC2)c([N+](=O)[O-])c1. The summed E-state index contributed by atoms with van der Waals surface area (Å²) < 4.78 is 32.4. The number of rotatable bonds is 6. The van der Waals surface area contributed by atoms with Gasteiger partial charge >= 0.3 is 0 Å². The first-order valence-corrected chi connectivity index (χ1v) is 11.0. The van der Waals surface area contributed by atoms with Gasteiger partial charge in [-0.05, 0) is 19.1 Å². The highest BCUT2D eigenvalue weighted by atomic mass is 32.2.